The summed E-state index contributed by atoms with van der Waals surface area (Å²) in [6.07, 6.45) is 3.03. The maximum absolute atomic E-state index is 12.3. The lowest BCUT2D eigenvalue weighted by Crippen LogP contribution is -2.35. The number of nitrogens with one attached hydrogen (secondary N) is 1. The lowest BCUT2D eigenvalue weighted by Gasteiger charge is -2.24. The zero-order valence-electron chi connectivity index (χ0n) is 17.5. The number of nitrogen functional groups attached to an aromatic ring is 1. The fourth-order valence-electron chi connectivity index (χ4n) is 2.84. The van der Waals surface area contributed by atoms with E-state index in [-0.39, 0.29) is 11.4 Å². The lowest BCUT2D eigenvalue weighted by molar-refractivity contribution is -0.384. The number of ether oxygens (including phenoxy) is 2. The summed E-state index contributed by atoms with van der Waals surface area (Å²) in [6.45, 7) is 9.07. The molecule has 0 saturated carbocycles. The average Bonchev–Trinajstić information content (AvgIpc) is 2.65. The minimum absolute atomic E-state index is 0.103. The minimum Gasteiger partial charge on any atom is -0.481 e. The quantitative estimate of drug-likeness (QED) is 0.297. The zero-order chi connectivity index (χ0) is 22.5. The highest BCUT2D eigenvalue weighted by atomic mass is 16.6. The first-order valence-corrected chi connectivity index (χ1v) is 9.24. The van der Waals surface area contributed by atoms with Crippen molar-refractivity contribution in [2.75, 3.05) is 12.8 Å². The molecule has 0 fully saturated rings. The summed E-state index contributed by atoms with van der Waals surface area (Å²) in [7, 11) is 1.48. The number of hydrogen-bond donors (Lipinski definition) is 2. The average molecular weight is 414 g/mol. The number of non-ortho nitro benzene ring substituents is 1. The molecular weight excluding hydrogens is 388 g/mol. The fourth-order valence-corrected chi connectivity index (χ4v) is 2.84. The standard InChI is InChI=1S/C21H26N4O5/c1-6-7-18(24-20(26)30-21(2,3)4)16-10-13(12-23-19(16)29-5)15-9-8-14(25(27)28)11-17(15)22/h6,8-12,18H,1,7,22H2,2-5H3,(H,24,26). The van der Waals surface area contributed by atoms with Crippen molar-refractivity contribution in [2.45, 2.75) is 38.8 Å². The Morgan fingerprint density at radius 2 is 2.10 bits per heavy atom. The second-order valence-electron chi connectivity index (χ2n) is 7.57. The predicted octanol–water partition coefficient (Wildman–Crippen LogP) is 4.39. The number of aromatic nitrogens is 1. The molecule has 9 heteroatoms. The molecule has 1 amide bonds. The molecule has 0 spiro atoms. The summed E-state index contributed by atoms with van der Waals surface area (Å²) < 4.78 is 10.7. The maximum atomic E-state index is 12.3. The molecule has 2 aromatic rings. The van der Waals surface area contributed by atoms with E-state index in [2.05, 4.69) is 16.9 Å². The summed E-state index contributed by atoms with van der Waals surface area (Å²) in [6, 6.07) is 5.48. The topological polar surface area (TPSA) is 130 Å². The van der Waals surface area contributed by atoms with Crippen molar-refractivity contribution in [3.63, 3.8) is 0 Å². The Morgan fingerprint density at radius 3 is 2.63 bits per heavy atom. The highest BCUT2D eigenvalue weighted by molar-refractivity contribution is 5.78. The monoisotopic (exact) mass is 414 g/mol. The molecule has 0 aliphatic carbocycles. The van der Waals surface area contributed by atoms with Gasteiger partial charge in [-0.25, -0.2) is 9.78 Å². The van der Waals surface area contributed by atoms with Gasteiger partial charge in [0.25, 0.3) is 5.69 Å². The number of nitrogens with two attached hydrogens (primary N) is 1. The number of anilines is 1. The van der Waals surface area contributed by atoms with Gasteiger partial charge in [-0.3, -0.25) is 10.1 Å². The number of nitro groups is 1. The molecule has 0 radical (unpaired) electrons. The first-order chi connectivity index (χ1) is 14.1. The van der Waals surface area contributed by atoms with E-state index >= 15 is 0 Å². The number of rotatable bonds is 7. The highest BCUT2D eigenvalue weighted by Gasteiger charge is 2.23. The molecule has 1 heterocycles. The van der Waals surface area contributed by atoms with Gasteiger partial charge in [-0.15, -0.1) is 6.58 Å². The van der Waals surface area contributed by atoms with Crippen LogP contribution in [0.25, 0.3) is 11.1 Å². The molecule has 1 atom stereocenters. The Balaban J connectivity index is 2.46. The smallest absolute Gasteiger partial charge is 0.408 e. The molecule has 3 N–H and O–H groups in total. The van der Waals surface area contributed by atoms with Crippen LogP contribution in [0.1, 0.15) is 38.8 Å². The predicted molar refractivity (Wildman–Crippen MR) is 114 cm³/mol. The van der Waals surface area contributed by atoms with E-state index in [1.54, 1.807) is 45.2 Å². The molecular formula is C21H26N4O5. The van der Waals surface area contributed by atoms with Crippen LogP contribution in [0.2, 0.25) is 0 Å². The molecule has 0 aliphatic heterocycles. The number of carbonyl (C=O) groups excluding carboxylic acids is 1. The van der Waals surface area contributed by atoms with Crippen molar-refractivity contribution in [3.8, 4) is 17.0 Å². The van der Waals surface area contributed by atoms with E-state index in [1.165, 1.54) is 19.2 Å². The Kier molecular flexibility index (Phi) is 6.99. The number of nitrogens with zero attached hydrogens (tertiary/aromatic N) is 2. The van der Waals surface area contributed by atoms with Crippen LogP contribution in [-0.4, -0.2) is 28.7 Å². The van der Waals surface area contributed by atoms with E-state index in [9.17, 15) is 14.9 Å². The number of carbonyl (C=O) groups is 1. The van der Waals surface area contributed by atoms with Crippen LogP contribution in [-0.2, 0) is 4.74 Å². The molecule has 160 valence electrons. The number of methoxy groups -OCH3 is 1. The zero-order valence-corrected chi connectivity index (χ0v) is 17.5. The molecule has 2 rings (SSSR count). The Bertz CT molecular complexity index is 953. The van der Waals surface area contributed by atoms with E-state index in [1.807, 2.05) is 0 Å². The third-order valence-corrected chi connectivity index (χ3v) is 4.10. The summed E-state index contributed by atoms with van der Waals surface area (Å²) in [5.41, 5.74) is 7.31. The number of amides is 1. The van der Waals surface area contributed by atoms with Gasteiger partial charge in [0, 0.05) is 40.7 Å². The highest BCUT2D eigenvalue weighted by Crippen LogP contribution is 2.34. The van der Waals surface area contributed by atoms with Crippen molar-refractivity contribution in [1.29, 1.82) is 0 Å². The Morgan fingerprint density at radius 1 is 1.40 bits per heavy atom. The summed E-state index contributed by atoms with van der Waals surface area (Å²) in [4.78, 5) is 27.1. The Labute approximate surface area is 175 Å². The normalized spacial score (nSPS) is 12.0. The maximum Gasteiger partial charge on any atom is 0.408 e. The van der Waals surface area contributed by atoms with Gasteiger partial charge in [-0.05, 0) is 39.3 Å². The second kappa shape index (κ2) is 9.25. The number of nitro benzene ring substituents is 1. The van der Waals surface area contributed by atoms with E-state index in [0.717, 1.165) is 0 Å². The van der Waals surface area contributed by atoms with Gasteiger partial charge >= 0.3 is 6.09 Å². The van der Waals surface area contributed by atoms with Crippen molar-refractivity contribution in [1.82, 2.24) is 10.3 Å². The van der Waals surface area contributed by atoms with Gasteiger partial charge in [-0.1, -0.05) is 6.08 Å². The van der Waals surface area contributed by atoms with Crippen molar-refractivity contribution in [2.24, 2.45) is 0 Å². The first-order valence-electron chi connectivity index (χ1n) is 9.24. The van der Waals surface area contributed by atoms with Crippen LogP contribution < -0.4 is 15.8 Å². The molecule has 1 aromatic carbocycles. The summed E-state index contributed by atoms with van der Waals surface area (Å²) in [5, 5.41) is 13.8. The number of pyridine rings is 1. The van der Waals surface area contributed by atoms with E-state index in [0.29, 0.717) is 29.0 Å². The van der Waals surface area contributed by atoms with E-state index < -0.39 is 22.7 Å². The summed E-state index contributed by atoms with van der Waals surface area (Å²) >= 11 is 0. The van der Waals surface area contributed by atoms with Gasteiger partial charge in [0.15, 0.2) is 0 Å². The first kappa shape index (κ1) is 22.7. The molecule has 0 bridgehead atoms. The Hall–Kier alpha value is -3.62. The van der Waals surface area contributed by atoms with Crippen LogP contribution in [0.4, 0.5) is 16.2 Å². The van der Waals surface area contributed by atoms with E-state index in [4.69, 9.17) is 15.2 Å². The van der Waals surface area contributed by atoms with Crippen LogP contribution in [0.3, 0.4) is 0 Å². The van der Waals surface area contributed by atoms with Crippen LogP contribution in [0, 0.1) is 10.1 Å². The lowest BCUT2D eigenvalue weighted by atomic mass is 9.99. The molecule has 0 saturated heterocycles. The van der Waals surface area contributed by atoms with Gasteiger partial charge < -0.3 is 20.5 Å². The van der Waals surface area contributed by atoms with Crippen LogP contribution in [0.5, 0.6) is 5.88 Å². The van der Waals surface area contributed by atoms with Crippen molar-refractivity contribution >= 4 is 17.5 Å². The molecule has 9 nitrogen and oxygen atoms in total. The number of hydrogen-bond acceptors (Lipinski definition) is 7. The second-order valence-corrected chi connectivity index (χ2v) is 7.57. The number of alkyl carbamates (subject to hydrolysis) is 1. The van der Waals surface area contributed by atoms with Gasteiger partial charge in [0.1, 0.15) is 5.60 Å². The third-order valence-electron chi connectivity index (χ3n) is 4.10. The third kappa shape index (κ3) is 5.69. The molecule has 1 unspecified atom stereocenters. The van der Waals surface area contributed by atoms with Gasteiger partial charge in [0.2, 0.25) is 5.88 Å². The largest absolute Gasteiger partial charge is 0.481 e. The SMILES string of the molecule is C=CCC(NC(=O)OC(C)(C)C)c1cc(-c2ccc([N+](=O)[O-])cc2N)cnc1OC. The number of benzene rings is 1. The fraction of sp³-hybridized carbons (Fsp3) is 0.333. The summed E-state index contributed by atoms with van der Waals surface area (Å²) in [5.74, 6) is 0.321. The van der Waals surface area contributed by atoms with Crippen molar-refractivity contribution in [3.05, 3.63) is 58.8 Å². The van der Waals surface area contributed by atoms with Crippen molar-refractivity contribution < 1.29 is 19.2 Å². The van der Waals surface area contributed by atoms with Crippen LogP contribution >= 0.6 is 0 Å². The minimum atomic E-state index is -0.653. The van der Waals surface area contributed by atoms with Gasteiger partial charge in [0.05, 0.1) is 18.1 Å². The van der Waals surface area contributed by atoms with Crippen LogP contribution in [0.15, 0.2) is 43.1 Å². The van der Waals surface area contributed by atoms with Gasteiger partial charge in [-0.2, -0.15) is 0 Å². The molecule has 30 heavy (non-hydrogen) atoms. The molecule has 1 aromatic heterocycles. The molecule has 0 aliphatic rings.